The molecule has 1 aliphatic heterocycles. The molecule has 0 saturated carbocycles. The van der Waals surface area contributed by atoms with E-state index in [-0.39, 0.29) is 35.2 Å². The van der Waals surface area contributed by atoms with Crippen LogP contribution in [-0.4, -0.2) is 54.9 Å². The summed E-state index contributed by atoms with van der Waals surface area (Å²) in [5, 5.41) is 5.86. The summed E-state index contributed by atoms with van der Waals surface area (Å²) in [6.07, 6.45) is 1.80. The molecule has 2 aromatic carbocycles. The Morgan fingerprint density at radius 1 is 1.06 bits per heavy atom. The maximum Gasteiger partial charge on any atom is 0.256 e. The zero-order valence-electron chi connectivity index (χ0n) is 19.8. The summed E-state index contributed by atoms with van der Waals surface area (Å²) in [5.41, 5.74) is 0.467. The predicted octanol–water partition coefficient (Wildman–Crippen LogP) is 3.40. The van der Waals surface area contributed by atoms with E-state index >= 15 is 0 Å². The number of carbonyl (C=O) groups excluding carboxylic acids is 3. The first-order chi connectivity index (χ1) is 16.3. The normalized spacial score (nSPS) is 15.8. The van der Waals surface area contributed by atoms with Gasteiger partial charge in [-0.3, -0.25) is 14.4 Å². The lowest BCUT2D eigenvalue weighted by molar-refractivity contribution is -0.125. The molecule has 0 bridgehead atoms. The molecule has 1 aliphatic rings. The molecule has 2 unspecified atom stereocenters. The van der Waals surface area contributed by atoms with Crippen LogP contribution in [-0.2, 0) is 4.79 Å². The average molecular weight is 470 g/mol. The summed E-state index contributed by atoms with van der Waals surface area (Å²) in [4.78, 5) is 40.4. The van der Waals surface area contributed by atoms with Crippen LogP contribution in [0.4, 0.5) is 4.39 Å². The van der Waals surface area contributed by atoms with Gasteiger partial charge in [0.1, 0.15) is 17.6 Å². The lowest BCUT2D eigenvalue weighted by Gasteiger charge is -2.36. The van der Waals surface area contributed by atoms with E-state index in [4.69, 9.17) is 4.74 Å². The standard InChI is InChI=1S/C26H32FN3O4/c1-4-17(2)28-25(32)23(29-24(31)19-9-11-20(34-3)12-10-19)18-13-15-30(16-14-18)26(33)21-7-5-6-8-22(21)27/h5-12,17-18,23H,4,13-16H2,1-3H3,(H,28,32)(H,29,31). The third-order valence-corrected chi connectivity index (χ3v) is 6.32. The van der Waals surface area contributed by atoms with Gasteiger partial charge in [0.25, 0.3) is 11.8 Å². The van der Waals surface area contributed by atoms with E-state index in [1.165, 1.54) is 12.1 Å². The lowest BCUT2D eigenvalue weighted by atomic mass is 9.88. The number of carbonyl (C=O) groups is 3. The van der Waals surface area contributed by atoms with Crippen molar-refractivity contribution >= 4 is 17.7 Å². The van der Waals surface area contributed by atoms with Gasteiger partial charge >= 0.3 is 0 Å². The highest BCUT2D eigenvalue weighted by atomic mass is 19.1. The van der Waals surface area contributed by atoms with Crippen molar-refractivity contribution in [1.29, 1.82) is 0 Å². The number of halogens is 1. The van der Waals surface area contributed by atoms with Crippen molar-refractivity contribution in [3.63, 3.8) is 0 Å². The second-order valence-electron chi connectivity index (χ2n) is 8.61. The first kappa shape index (κ1) is 25.2. The van der Waals surface area contributed by atoms with Crippen molar-refractivity contribution < 1.29 is 23.5 Å². The molecule has 1 heterocycles. The molecule has 1 fully saturated rings. The van der Waals surface area contributed by atoms with Gasteiger partial charge in [0.05, 0.1) is 12.7 Å². The molecule has 2 aromatic rings. The van der Waals surface area contributed by atoms with Crippen LogP contribution < -0.4 is 15.4 Å². The molecule has 0 aliphatic carbocycles. The number of likely N-dealkylation sites (tertiary alicyclic amines) is 1. The quantitative estimate of drug-likeness (QED) is 0.620. The molecule has 34 heavy (non-hydrogen) atoms. The number of methoxy groups -OCH3 is 1. The van der Waals surface area contributed by atoms with Gasteiger partial charge in [-0.15, -0.1) is 0 Å². The average Bonchev–Trinajstić information content (AvgIpc) is 2.87. The van der Waals surface area contributed by atoms with Crippen molar-refractivity contribution in [3.8, 4) is 5.75 Å². The number of nitrogens with zero attached hydrogens (tertiary/aromatic N) is 1. The van der Waals surface area contributed by atoms with Crippen LogP contribution in [0.25, 0.3) is 0 Å². The number of nitrogens with one attached hydrogen (secondary N) is 2. The van der Waals surface area contributed by atoms with Crippen molar-refractivity contribution in [2.45, 2.75) is 45.2 Å². The van der Waals surface area contributed by atoms with Gasteiger partial charge in [0, 0.05) is 24.7 Å². The maximum atomic E-state index is 14.1. The smallest absolute Gasteiger partial charge is 0.256 e. The van der Waals surface area contributed by atoms with Gasteiger partial charge in [-0.1, -0.05) is 19.1 Å². The zero-order chi connectivity index (χ0) is 24.7. The topological polar surface area (TPSA) is 87.7 Å². The molecule has 0 radical (unpaired) electrons. The minimum Gasteiger partial charge on any atom is -0.497 e. The SMILES string of the molecule is CCC(C)NC(=O)C(NC(=O)c1ccc(OC)cc1)C1CCN(C(=O)c2ccccc2F)CC1. The Kier molecular flexibility index (Phi) is 8.62. The molecular weight excluding hydrogens is 437 g/mol. The first-order valence-corrected chi connectivity index (χ1v) is 11.6. The van der Waals surface area contributed by atoms with Gasteiger partial charge in [0.2, 0.25) is 5.91 Å². The van der Waals surface area contributed by atoms with Gasteiger partial charge in [-0.2, -0.15) is 0 Å². The van der Waals surface area contributed by atoms with Gasteiger partial charge in [0.15, 0.2) is 0 Å². The fourth-order valence-electron chi connectivity index (χ4n) is 4.04. The van der Waals surface area contributed by atoms with E-state index < -0.39 is 11.9 Å². The van der Waals surface area contributed by atoms with Crippen molar-refractivity contribution in [2.75, 3.05) is 20.2 Å². The van der Waals surface area contributed by atoms with Crippen LogP contribution in [0.1, 0.15) is 53.8 Å². The van der Waals surface area contributed by atoms with Crippen LogP contribution in [0.3, 0.4) is 0 Å². The molecule has 0 spiro atoms. The number of rotatable bonds is 8. The van der Waals surface area contributed by atoms with Crippen LogP contribution in [0.5, 0.6) is 5.75 Å². The van der Waals surface area contributed by atoms with Crippen LogP contribution in [0.15, 0.2) is 48.5 Å². The minimum absolute atomic E-state index is 0.0318. The van der Waals surface area contributed by atoms with E-state index in [2.05, 4.69) is 10.6 Å². The van der Waals surface area contributed by atoms with E-state index in [1.54, 1.807) is 48.4 Å². The number of piperidine rings is 1. The van der Waals surface area contributed by atoms with Crippen molar-refractivity contribution in [2.24, 2.45) is 5.92 Å². The number of hydrogen-bond donors (Lipinski definition) is 2. The molecule has 3 rings (SSSR count). The highest BCUT2D eigenvalue weighted by Crippen LogP contribution is 2.24. The first-order valence-electron chi connectivity index (χ1n) is 11.6. The Labute approximate surface area is 199 Å². The van der Waals surface area contributed by atoms with Gasteiger partial charge in [-0.05, 0) is 68.5 Å². The van der Waals surface area contributed by atoms with Crippen LogP contribution in [0, 0.1) is 11.7 Å². The Bertz CT molecular complexity index is 1000. The summed E-state index contributed by atoms with van der Waals surface area (Å²) in [6, 6.07) is 11.8. The third-order valence-electron chi connectivity index (χ3n) is 6.32. The van der Waals surface area contributed by atoms with E-state index in [0.717, 1.165) is 6.42 Å². The van der Waals surface area contributed by atoms with Crippen molar-refractivity contribution in [1.82, 2.24) is 15.5 Å². The Morgan fingerprint density at radius 3 is 2.29 bits per heavy atom. The molecular formula is C26H32FN3O4. The molecule has 182 valence electrons. The lowest BCUT2D eigenvalue weighted by Crippen LogP contribution is -2.55. The van der Waals surface area contributed by atoms with Gasteiger partial charge < -0.3 is 20.3 Å². The number of benzene rings is 2. The number of ether oxygens (including phenoxy) is 1. The molecule has 8 heteroatoms. The Morgan fingerprint density at radius 2 is 1.71 bits per heavy atom. The summed E-state index contributed by atoms with van der Waals surface area (Å²) < 4.78 is 19.2. The largest absolute Gasteiger partial charge is 0.497 e. The molecule has 2 atom stereocenters. The molecule has 3 amide bonds. The fourth-order valence-corrected chi connectivity index (χ4v) is 4.04. The van der Waals surface area contributed by atoms with Gasteiger partial charge in [-0.25, -0.2) is 4.39 Å². The highest BCUT2D eigenvalue weighted by molar-refractivity contribution is 5.98. The monoisotopic (exact) mass is 469 g/mol. The van der Waals surface area contributed by atoms with E-state index in [9.17, 15) is 18.8 Å². The van der Waals surface area contributed by atoms with Crippen LogP contribution >= 0.6 is 0 Å². The highest BCUT2D eigenvalue weighted by Gasteiger charge is 2.35. The molecule has 2 N–H and O–H groups in total. The van der Waals surface area contributed by atoms with E-state index in [1.807, 2.05) is 13.8 Å². The number of amides is 3. The second kappa shape index (κ2) is 11.6. The fraction of sp³-hybridized carbons (Fsp3) is 0.423. The molecule has 0 aromatic heterocycles. The van der Waals surface area contributed by atoms with Crippen LogP contribution in [0.2, 0.25) is 0 Å². The number of hydrogen-bond acceptors (Lipinski definition) is 4. The summed E-state index contributed by atoms with van der Waals surface area (Å²) in [5.74, 6) is -1.02. The molecule has 7 nitrogen and oxygen atoms in total. The zero-order valence-corrected chi connectivity index (χ0v) is 19.8. The Balaban J connectivity index is 1.71. The molecule has 1 saturated heterocycles. The predicted molar refractivity (Wildman–Crippen MR) is 127 cm³/mol. The maximum absolute atomic E-state index is 14.1. The third kappa shape index (κ3) is 6.12. The van der Waals surface area contributed by atoms with E-state index in [0.29, 0.717) is 37.2 Å². The summed E-state index contributed by atoms with van der Waals surface area (Å²) in [6.45, 7) is 4.64. The summed E-state index contributed by atoms with van der Waals surface area (Å²) in [7, 11) is 1.55. The summed E-state index contributed by atoms with van der Waals surface area (Å²) >= 11 is 0. The van der Waals surface area contributed by atoms with Crippen molar-refractivity contribution in [3.05, 3.63) is 65.5 Å². The second-order valence-corrected chi connectivity index (χ2v) is 8.61. The minimum atomic E-state index is -0.741. The Hall–Kier alpha value is -3.42.